The molecule has 2 atom stereocenters. The van der Waals surface area contributed by atoms with E-state index in [0.717, 1.165) is 0 Å². The van der Waals surface area contributed by atoms with Gasteiger partial charge in [0, 0.05) is 0 Å². The quantitative estimate of drug-likeness (QED) is 0.472. The summed E-state index contributed by atoms with van der Waals surface area (Å²) in [4.78, 5) is 4.79. The van der Waals surface area contributed by atoms with Crippen LogP contribution in [0, 0.1) is 0 Å². The standard InChI is InChI=1S/C6H8N2O/c1-2-4-6-5(3-1)7-9-8-6/h1-8H. The number of hydrogen-bond donors (Lipinski definition) is 2. The van der Waals surface area contributed by atoms with Crippen LogP contribution in [0.1, 0.15) is 0 Å². The van der Waals surface area contributed by atoms with Gasteiger partial charge in [0.2, 0.25) is 0 Å². The van der Waals surface area contributed by atoms with Gasteiger partial charge in [-0.15, -0.1) is 0 Å². The van der Waals surface area contributed by atoms with Crippen LogP contribution in [-0.4, -0.2) is 12.1 Å². The first-order valence-corrected chi connectivity index (χ1v) is 2.99. The third-order valence-corrected chi connectivity index (χ3v) is 1.52. The molecule has 0 amide bonds. The van der Waals surface area contributed by atoms with E-state index in [2.05, 4.69) is 23.1 Å². The Morgan fingerprint density at radius 3 is 2.11 bits per heavy atom. The molecule has 0 bridgehead atoms. The maximum absolute atomic E-state index is 4.79. The van der Waals surface area contributed by atoms with Crippen LogP contribution >= 0.6 is 0 Å². The van der Waals surface area contributed by atoms with E-state index in [-0.39, 0.29) is 0 Å². The fraction of sp³-hybridized carbons (Fsp3) is 0.333. The van der Waals surface area contributed by atoms with Crippen molar-refractivity contribution in [2.75, 3.05) is 0 Å². The minimum absolute atomic E-state index is 0.315. The van der Waals surface area contributed by atoms with E-state index in [0.29, 0.717) is 12.1 Å². The van der Waals surface area contributed by atoms with Crippen LogP contribution in [0.3, 0.4) is 0 Å². The van der Waals surface area contributed by atoms with E-state index in [4.69, 9.17) is 4.94 Å². The molecular formula is C6H8N2O. The zero-order valence-electron chi connectivity index (χ0n) is 4.87. The highest BCUT2D eigenvalue weighted by atomic mass is 16.8. The van der Waals surface area contributed by atoms with Gasteiger partial charge >= 0.3 is 0 Å². The van der Waals surface area contributed by atoms with Crippen molar-refractivity contribution in [1.82, 2.24) is 11.0 Å². The predicted octanol–water partition coefficient (Wildman–Crippen LogP) is -0.111. The van der Waals surface area contributed by atoms with Crippen molar-refractivity contribution in [3.63, 3.8) is 0 Å². The molecule has 48 valence electrons. The van der Waals surface area contributed by atoms with E-state index in [1.807, 2.05) is 12.2 Å². The Morgan fingerprint density at radius 1 is 1.00 bits per heavy atom. The number of nitrogens with one attached hydrogen (secondary N) is 2. The predicted molar refractivity (Wildman–Crippen MR) is 33.2 cm³/mol. The summed E-state index contributed by atoms with van der Waals surface area (Å²) in [5.74, 6) is 0. The number of hydroxylamine groups is 2. The van der Waals surface area contributed by atoms with Crippen molar-refractivity contribution in [2.45, 2.75) is 12.1 Å². The first kappa shape index (κ1) is 5.17. The van der Waals surface area contributed by atoms with E-state index >= 15 is 0 Å². The van der Waals surface area contributed by atoms with Gasteiger partial charge in [0.25, 0.3) is 0 Å². The largest absolute Gasteiger partial charge is 0.213 e. The monoisotopic (exact) mass is 124 g/mol. The number of fused-ring (bicyclic) bond motifs is 1. The van der Waals surface area contributed by atoms with E-state index < -0.39 is 0 Å². The third kappa shape index (κ3) is 0.790. The summed E-state index contributed by atoms with van der Waals surface area (Å²) in [6, 6.07) is 0.630. The fourth-order valence-corrected chi connectivity index (χ4v) is 1.00. The third-order valence-electron chi connectivity index (χ3n) is 1.52. The van der Waals surface area contributed by atoms with Crippen LogP contribution in [0.25, 0.3) is 0 Å². The van der Waals surface area contributed by atoms with Crippen LogP contribution in [0.2, 0.25) is 0 Å². The highest BCUT2D eigenvalue weighted by Crippen LogP contribution is 2.07. The van der Waals surface area contributed by atoms with Crippen molar-refractivity contribution < 1.29 is 4.94 Å². The Balaban J connectivity index is 2.18. The molecule has 0 aromatic rings. The molecule has 1 heterocycles. The van der Waals surface area contributed by atoms with Crippen molar-refractivity contribution in [3.8, 4) is 0 Å². The zero-order chi connectivity index (χ0) is 6.10. The number of hydrogen-bond acceptors (Lipinski definition) is 3. The van der Waals surface area contributed by atoms with Crippen molar-refractivity contribution >= 4 is 0 Å². The van der Waals surface area contributed by atoms with Gasteiger partial charge in [-0.2, -0.15) is 11.0 Å². The molecule has 0 aromatic heterocycles. The van der Waals surface area contributed by atoms with E-state index in [1.165, 1.54) is 0 Å². The molecule has 9 heavy (non-hydrogen) atoms. The number of rotatable bonds is 0. The van der Waals surface area contributed by atoms with Gasteiger partial charge in [0.1, 0.15) is 0 Å². The molecule has 1 aliphatic heterocycles. The van der Waals surface area contributed by atoms with Crippen molar-refractivity contribution in [1.29, 1.82) is 0 Å². The van der Waals surface area contributed by atoms with Gasteiger partial charge in [-0.1, -0.05) is 24.3 Å². The lowest BCUT2D eigenvalue weighted by Crippen LogP contribution is -2.30. The molecule has 2 rings (SSSR count). The molecule has 3 nitrogen and oxygen atoms in total. The lowest BCUT2D eigenvalue weighted by Gasteiger charge is -2.09. The smallest absolute Gasteiger partial charge is 0.0736 e. The number of allylic oxidation sites excluding steroid dienone is 2. The van der Waals surface area contributed by atoms with Crippen LogP contribution in [-0.2, 0) is 4.94 Å². The molecule has 1 fully saturated rings. The SMILES string of the molecule is C1=CC2NONC2C=C1. The summed E-state index contributed by atoms with van der Waals surface area (Å²) in [7, 11) is 0. The summed E-state index contributed by atoms with van der Waals surface area (Å²) in [5, 5.41) is 0. The molecule has 0 aromatic carbocycles. The molecule has 2 aliphatic rings. The van der Waals surface area contributed by atoms with Crippen LogP contribution in [0.4, 0.5) is 0 Å². The maximum atomic E-state index is 4.79. The average molecular weight is 124 g/mol. The zero-order valence-corrected chi connectivity index (χ0v) is 4.87. The van der Waals surface area contributed by atoms with Crippen molar-refractivity contribution in [3.05, 3.63) is 24.3 Å². The molecule has 2 unspecified atom stereocenters. The first-order chi connectivity index (χ1) is 4.47. The van der Waals surface area contributed by atoms with Gasteiger partial charge in [-0.3, -0.25) is 0 Å². The summed E-state index contributed by atoms with van der Waals surface area (Å²) < 4.78 is 0. The Morgan fingerprint density at radius 2 is 1.56 bits per heavy atom. The fourth-order valence-electron chi connectivity index (χ4n) is 1.00. The highest BCUT2D eigenvalue weighted by Gasteiger charge is 2.23. The topological polar surface area (TPSA) is 33.3 Å². The van der Waals surface area contributed by atoms with Gasteiger partial charge in [-0.05, 0) is 0 Å². The Bertz CT molecular complexity index is 146. The van der Waals surface area contributed by atoms with E-state index in [1.54, 1.807) is 0 Å². The summed E-state index contributed by atoms with van der Waals surface area (Å²) in [6.45, 7) is 0. The minimum atomic E-state index is 0.315. The molecular weight excluding hydrogens is 116 g/mol. The van der Waals surface area contributed by atoms with E-state index in [9.17, 15) is 0 Å². The lowest BCUT2D eigenvalue weighted by molar-refractivity contribution is 0.0143. The van der Waals surface area contributed by atoms with Gasteiger partial charge in [0.15, 0.2) is 0 Å². The molecule has 1 aliphatic carbocycles. The molecule has 2 N–H and O–H groups in total. The Hall–Kier alpha value is -0.640. The maximum Gasteiger partial charge on any atom is 0.0736 e. The Kier molecular flexibility index (Phi) is 1.12. The summed E-state index contributed by atoms with van der Waals surface area (Å²) >= 11 is 0. The first-order valence-electron chi connectivity index (χ1n) is 2.99. The second kappa shape index (κ2) is 1.95. The second-order valence-electron chi connectivity index (χ2n) is 2.16. The highest BCUT2D eigenvalue weighted by molar-refractivity contribution is 5.19. The van der Waals surface area contributed by atoms with Crippen molar-refractivity contribution in [2.24, 2.45) is 0 Å². The average Bonchev–Trinajstić information content (AvgIpc) is 2.33. The summed E-state index contributed by atoms with van der Waals surface area (Å²) in [6.07, 6.45) is 8.13. The lowest BCUT2D eigenvalue weighted by atomic mass is 10.1. The molecule has 3 heteroatoms. The van der Waals surface area contributed by atoms with Crippen LogP contribution < -0.4 is 11.0 Å². The molecule has 0 saturated carbocycles. The van der Waals surface area contributed by atoms with Gasteiger partial charge < -0.3 is 0 Å². The van der Waals surface area contributed by atoms with Crippen LogP contribution in [0.5, 0.6) is 0 Å². The molecule has 0 spiro atoms. The van der Waals surface area contributed by atoms with Gasteiger partial charge in [0.05, 0.1) is 12.1 Å². The summed E-state index contributed by atoms with van der Waals surface area (Å²) in [5.41, 5.74) is 5.62. The molecule has 0 radical (unpaired) electrons. The second-order valence-corrected chi connectivity index (χ2v) is 2.16. The normalized spacial score (nSPS) is 39.1. The molecule has 1 saturated heterocycles. The van der Waals surface area contributed by atoms with Crippen LogP contribution in [0.15, 0.2) is 24.3 Å². The minimum Gasteiger partial charge on any atom is -0.213 e. The Labute approximate surface area is 53.3 Å². The van der Waals surface area contributed by atoms with Gasteiger partial charge in [-0.25, -0.2) is 4.94 Å².